The third kappa shape index (κ3) is 2.89. The first-order valence-electron chi connectivity index (χ1n) is 7.47. The van der Waals surface area contributed by atoms with E-state index in [-0.39, 0.29) is 17.2 Å². The number of nitrogens with zero attached hydrogens (tertiary/aromatic N) is 1. The number of amides is 2. The maximum absolute atomic E-state index is 12.9. The number of rotatable bonds is 4. The lowest BCUT2D eigenvalue weighted by Crippen LogP contribution is -2.72. The average molecular weight is 280 g/mol. The van der Waals surface area contributed by atoms with Crippen molar-refractivity contribution in [3.8, 4) is 0 Å². The van der Waals surface area contributed by atoms with Gasteiger partial charge in [0.1, 0.15) is 11.6 Å². The number of nitrogens with one attached hydrogen (secondary N) is 1. The summed E-state index contributed by atoms with van der Waals surface area (Å²) in [6.07, 6.45) is 5.10. The minimum absolute atomic E-state index is 0.0368. The number of hydrogen-bond acceptors (Lipinski definition) is 2. The van der Waals surface area contributed by atoms with Gasteiger partial charge in [-0.3, -0.25) is 9.59 Å². The van der Waals surface area contributed by atoms with E-state index in [9.17, 15) is 9.59 Å². The number of allylic oxidation sites excluding steroid dienone is 1. The maximum atomic E-state index is 12.9. The normalized spacial score (nSPS) is 23.3. The van der Waals surface area contributed by atoms with Gasteiger partial charge in [-0.25, -0.2) is 0 Å². The van der Waals surface area contributed by atoms with Gasteiger partial charge in [0.15, 0.2) is 0 Å². The van der Waals surface area contributed by atoms with E-state index >= 15 is 0 Å². The van der Waals surface area contributed by atoms with Crippen LogP contribution in [0.5, 0.6) is 0 Å². The summed E-state index contributed by atoms with van der Waals surface area (Å²) in [4.78, 5) is 27.2. The minimum Gasteiger partial charge on any atom is -0.340 e. The highest BCUT2D eigenvalue weighted by Crippen LogP contribution is 2.32. The van der Waals surface area contributed by atoms with Gasteiger partial charge in [-0.15, -0.1) is 0 Å². The summed E-state index contributed by atoms with van der Waals surface area (Å²) >= 11 is 0. The first-order valence-corrected chi connectivity index (χ1v) is 7.47. The largest absolute Gasteiger partial charge is 0.340 e. The average Bonchev–Trinajstić information content (AvgIpc) is 2.37. The highest BCUT2D eigenvalue weighted by molar-refractivity contribution is 6.00. The molecule has 0 radical (unpaired) electrons. The Morgan fingerprint density at radius 3 is 2.20 bits per heavy atom. The van der Waals surface area contributed by atoms with E-state index in [0.717, 1.165) is 0 Å². The van der Waals surface area contributed by atoms with Gasteiger partial charge in [0.2, 0.25) is 11.8 Å². The van der Waals surface area contributed by atoms with E-state index in [0.29, 0.717) is 19.4 Å². The summed E-state index contributed by atoms with van der Waals surface area (Å²) in [5.41, 5.74) is -1.02. The van der Waals surface area contributed by atoms with Crippen molar-refractivity contribution in [1.82, 2.24) is 10.2 Å². The Balaban J connectivity index is 3.24. The van der Waals surface area contributed by atoms with Gasteiger partial charge >= 0.3 is 0 Å². The smallest absolute Gasteiger partial charge is 0.249 e. The lowest BCUT2D eigenvalue weighted by atomic mass is 9.79. The lowest BCUT2D eigenvalue weighted by molar-refractivity contribution is -0.159. The van der Waals surface area contributed by atoms with Crippen LogP contribution in [0.1, 0.15) is 54.4 Å². The predicted molar refractivity (Wildman–Crippen MR) is 81.2 cm³/mol. The molecule has 1 N–H and O–H groups in total. The Bertz CT molecular complexity index is 403. The van der Waals surface area contributed by atoms with Crippen molar-refractivity contribution in [3.63, 3.8) is 0 Å². The second-order valence-electron chi connectivity index (χ2n) is 6.57. The molecule has 1 aliphatic rings. The van der Waals surface area contributed by atoms with Crippen LogP contribution in [0.4, 0.5) is 0 Å². The highest BCUT2D eigenvalue weighted by Gasteiger charge is 2.51. The van der Waals surface area contributed by atoms with E-state index in [2.05, 4.69) is 5.32 Å². The molecule has 1 rings (SSSR count). The molecule has 1 fully saturated rings. The van der Waals surface area contributed by atoms with Crippen molar-refractivity contribution in [2.24, 2.45) is 5.41 Å². The molecule has 20 heavy (non-hydrogen) atoms. The van der Waals surface area contributed by atoms with Crippen LogP contribution in [0, 0.1) is 5.41 Å². The van der Waals surface area contributed by atoms with Crippen LogP contribution in [0.15, 0.2) is 12.2 Å². The van der Waals surface area contributed by atoms with Gasteiger partial charge in [0.05, 0.1) is 0 Å². The van der Waals surface area contributed by atoms with Crippen LogP contribution in [0.3, 0.4) is 0 Å². The fraction of sp³-hybridized carbons (Fsp3) is 0.750. The topological polar surface area (TPSA) is 49.4 Å². The summed E-state index contributed by atoms with van der Waals surface area (Å²) in [5.74, 6) is 0.00503. The number of piperazine rings is 1. The first-order chi connectivity index (χ1) is 9.23. The third-order valence-corrected chi connectivity index (χ3v) is 4.16. The van der Waals surface area contributed by atoms with Gasteiger partial charge in [0, 0.05) is 6.54 Å². The summed E-state index contributed by atoms with van der Waals surface area (Å²) < 4.78 is 0. The Hall–Kier alpha value is -1.32. The molecule has 1 aliphatic heterocycles. The molecule has 1 unspecified atom stereocenters. The van der Waals surface area contributed by atoms with Crippen molar-refractivity contribution >= 4 is 11.8 Å². The van der Waals surface area contributed by atoms with E-state index < -0.39 is 11.6 Å². The van der Waals surface area contributed by atoms with Crippen LogP contribution in [-0.4, -0.2) is 34.8 Å². The molecule has 4 nitrogen and oxygen atoms in total. The van der Waals surface area contributed by atoms with Crippen LogP contribution in [-0.2, 0) is 9.59 Å². The summed E-state index contributed by atoms with van der Waals surface area (Å²) in [6, 6.07) is -0.419. The summed E-state index contributed by atoms with van der Waals surface area (Å²) in [6.45, 7) is 12.3. The fourth-order valence-electron chi connectivity index (χ4n) is 2.89. The van der Waals surface area contributed by atoms with Crippen LogP contribution < -0.4 is 5.32 Å². The summed E-state index contributed by atoms with van der Waals surface area (Å²) in [5, 5.41) is 2.99. The molecule has 1 heterocycles. The number of carbonyl (C=O) groups excluding carboxylic acids is 2. The van der Waals surface area contributed by atoms with E-state index in [4.69, 9.17) is 0 Å². The lowest BCUT2D eigenvalue weighted by Gasteiger charge is -2.49. The molecular weight excluding hydrogens is 252 g/mol. The van der Waals surface area contributed by atoms with E-state index in [1.807, 2.05) is 53.7 Å². The second kappa shape index (κ2) is 5.98. The molecule has 0 aromatic carbocycles. The highest BCUT2D eigenvalue weighted by atomic mass is 16.2. The molecule has 1 atom stereocenters. The van der Waals surface area contributed by atoms with Crippen LogP contribution >= 0.6 is 0 Å². The predicted octanol–water partition coefficient (Wildman–Crippen LogP) is 2.49. The van der Waals surface area contributed by atoms with Gasteiger partial charge in [-0.05, 0) is 25.2 Å². The van der Waals surface area contributed by atoms with E-state index in [1.54, 1.807) is 4.90 Å². The molecule has 0 saturated carbocycles. The molecular formula is C16H28N2O2. The van der Waals surface area contributed by atoms with Gasteiger partial charge in [0.25, 0.3) is 0 Å². The second-order valence-corrected chi connectivity index (χ2v) is 6.57. The molecule has 1 saturated heterocycles. The Labute approximate surface area is 122 Å². The zero-order valence-corrected chi connectivity index (χ0v) is 13.6. The molecule has 0 aliphatic carbocycles. The maximum Gasteiger partial charge on any atom is 0.249 e. The van der Waals surface area contributed by atoms with Crippen molar-refractivity contribution in [1.29, 1.82) is 0 Å². The minimum atomic E-state index is -0.736. The van der Waals surface area contributed by atoms with Crippen molar-refractivity contribution in [3.05, 3.63) is 12.2 Å². The number of carbonyl (C=O) groups is 2. The van der Waals surface area contributed by atoms with Crippen LogP contribution in [0.25, 0.3) is 0 Å². The van der Waals surface area contributed by atoms with Crippen molar-refractivity contribution < 1.29 is 9.59 Å². The third-order valence-electron chi connectivity index (χ3n) is 4.16. The van der Waals surface area contributed by atoms with E-state index in [1.165, 1.54) is 0 Å². The summed E-state index contributed by atoms with van der Waals surface area (Å²) in [7, 11) is 0. The first kappa shape index (κ1) is 16.7. The molecule has 0 aromatic heterocycles. The van der Waals surface area contributed by atoms with Gasteiger partial charge in [-0.2, -0.15) is 0 Å². The van der Waals surface area contributed by atoms with Gasteiger partial charge in [-0.1, -0.05) is 46.8 Å². The quantitative estimate of drug-likeness (QED) is 0.804. The molecule has 0 aromatic rings. The Kier molecular flexibility index (Phi) is 5.00. The molecule has 0 bridgehead atoms. The molecule has 4 heteroatoms. The zero-order chi connectivity index (χ0) is 15.6. The van der Waals surface area contributed by atoms with Crippen molar-refractivity contribution in [2.75, 3.05) is 6.54 Å². The Morgan fingerprint density at radius 2 is 1.80 bits per heavy atom. The standard InChI is InChI=1S/C16H28N2O2/c1-7-10-11-18-12(15(4,5)6)13(19)17-16(8-2,9-3)14(18)20/h7,10,12H,8-9,11H2,1-6H3,(H,17,19)/b10-7+. The fourth-order valence-corrected chi connectivity index (χ4v) is 2.89. The monoisotopic (exact) mass is 280 g/mol. The van der Waals surface area contributed by atoms with Crippen molar-refractivity contribution in [2.45, 2.75) is 66.0 Å². The number of hydrogen-bond donors (Lipinski definition) is 1. The SMILES string of the molecule is C/C=C/CN1C(=O)C(CC)(CC)NC(=O)C1C(C)(C)C. The Morgan fingerprint density at radius 1 is 1.25 bits per heavy atom. The zero-order valence-electron chi connectivity index (χ0n) is 13.6. The van der Waals surface area contributed by atoms with Gasteiger partial charge < -0.3 is 10.2 Å². The van der Waals surface area contributed by atoms with Crippen LogP contribution in [0.2, 0.25) is 0 Å². The molecule has 0 spiro atoms. The molecule has 114 valence electrons. The molecule has 2 amide bonds.